The molecule has 0 unspecified atom stereocenters. The van der Waals surface area contributed by atoms with Crippen LogP contribution in [0.25, 0.3) is 0 Å². The molecule has 7 N–H and O–H groups in total. The van der Waals surface area contributed by atoms with E-state index < -0.39 is 120 Å². The Morgan fingerprint density at radius 3 is 2.23 bits per heavy atom. The number of amides is 4. The minimum absolute atomic E-state index is 0.000767. The third-order valence-corrected chi connectivity index (χ3v) is 18.4. The molecule has 1 saturated carbocycles. The summed E-state index contributed by atoms with van der Waals surface area (Å²) in [5, 5.41) is 39.8. The number of rotatable bonds is 13. The van der Waals surface area contributed by atoms with Crippen molar-refractivity contribution in [2.75, 3.05) is 79.0 Å². The fraction of sp³-hybridized carbons (Fsp3) is 0.692. The first-order valence-corrected chi connectivity index (χ1v) is 31.8. The second-order valence-electron chi connectivity index (χ2n) is 25.4. The first-order valence-electron chi connectivity index (χ1n) is 31.8. The van der Waals surface area contributed by atoms with Gasteiger partial charge in [0.15, 0.2) is 5.78 Å². The molecule has 4 aliphatic heterocycles. The maximum Gasteiger partial charge on any atom is 0.407 e. The van der Waals surface area contributed by atoms with Crippen molar-refractivity contribution in [3.63, 3.8) is 0 Å². The number of hydrogen-bond donors (Lipinski definition) is 6. The van der Waals surface area contributed by atoms with Crippen LogP contribution in [0.5, 0.6) is 0 Å². The fourth-order valence-electron chi connectivity index (χ4n) is 12.6. The lowest BCUT2D eigenvalue weighted by molar-refractivity contribution is -0.265. The molecule has 0 spiro atoms. The Kier molecular flexibility index (Phi) is 27.8. The fourth-order valence-corrected chi connectivity index (χ4v) is 12.6. The van der Waals surface area contributed by atoms with E-state index in [1.165, 1.54) is 20.1 Å². The largest absolute Gasteiger partial charge is 0.459 e. The SMILES string of the molecule is CNC(=O)CN(C)CC(=O)N1CCN(c2ncc(CNC(=O)O[C@@H]3CC[C@@H](C[C@@H](N)[C@@H]4CC(=O)[C@H](C)/C=C(\C)[C@@H](O)[C@@H](O)C(=O)[C@H](C)C[C@H](C)/C=C/C=C/C=C(\C)[C@@H](OC)C[C@@H]5CC[C@@H](C)[C@@](O)(O5)C(=O)C(=O)N5CCCC[C@H]5C(=O)O4)C[C@H]3OC)cn2)CC1. The highest BCUT2D eigenvalue weighted by molar-refractivity contribution is 6.39. The molecule has 2 bridgehead atoms. The number of aliphatic hydroxyl groups is 3. The summed E-state index contributed by atoms with van der Waals surface area (Å²) in [6, 6.07) is -2.25. The lowest BCUT2D eigenvalue weighted by Crippen LogP contribution is -2.61. The molecule has 4 fully saturated rings. The molecule has 1 aliphatic carbocycles. The van der Waals surface area contributed by atoms with E-state index in [1.807, 2.05) is 49.1 Å². The molecule has 500 valence electrons. The molecule has 1 aromatic heterocycles. The predicted octanol–water partition coefficient (Wildman–Crippen LogP) is 3.27. The molecule has 6 rings (SSSR count). The number of piperazine rings is 1. The number of cyclic esters (lactones) is 1. The number of alkyl carbamates (subject to hydrolysis) is 1. The number of ether oxygens (including phenoxy) is 5. The molecule has 90 heavy (non-hydrogen) atoms. The molecule has 5 heterocycles. The third kappa shape index (κ3) is 20.1. The van der Waals surface area contributed by atoms with E-state index in [2.05, 4.69) is 20.6 Å². The summed E-state index contributed by atoms with van der Waals surface area (Å²) in [6.07, 6.45) is 9.91. The predicted molar refractivity (Wildman–Crippen MR) is 333 cm³/mol. The smallest absolute Gasteiger partial charge is 0.407 e. The number of carbonyl (C=O) groups excluding carboxylic acids is 8. The summed E-state index contributed by atoms with van der Waals surface area (Å²) in [4.78, 5) is 125. The van der Waals surface area contributed by atoms with Crippen LogP contribution in [-0.2, 0) is 63.8 Å². The van der Waals surface area contributed by atoms with Gasteiger partial charge in [0, 0.05) is 115 Å². The highest BCUT2D eigenvalue weighted by Gasteiger charge is 2.53. The van der Waals surface area contributed by atoms with Crippen LogP contribution in [0.3, 0.4) is 0 Å². The van der Waals surface area contributed by atoms with Crippen molar-refractivity contribution in [1.29, 1.82) is 0 Å². The number of anilines is 1. The lowest BCUT2D eigenvalue weighted by Gasteiger charge is -2.42. The number of nitrogens with one attached hydrogen (secondary N) is 2. The Balaban J connectivity index is 1.13. The summed E-state index contributed by atoms with van der Waals surface area (Å²) >= 11 is 0. The van der Waals surface area contributed by atoms with Crippen molar-refractivity contribution in [2.45, 2.75) is 186 Å². The second kappa shape index (κ2) is 34.4. The van der Waals surface area contributed by atoms with Crippen molar-refractivity contribution >= 4 is 53.1 Å². The monoisotopic (exact) mass is 1260 g/mol. The number of ketones is 3. The van der Waals surface area contributed by atoms with Gasteiger partial charge in [-0.05, 0) is 108 Å². The molecule has 4 amide bonds. The van der Waals surface area contributed by atoms with E-state index in [1.54, 1.807) is 64.2 Å². The van der Waals surface area contributed by atoms with Gasteiger partial charge in [0.25, 0.3) is 11.7 Å². The summed E-state index contributed by atoms with van der Waals surface area (Å²) in [5.74, 6) is -9.06. The van der Waals surface area contributed by atoms with Gasteiger partial charge < -0.3 is 70.1 Å². The number of Topliss-reactive ketones (excluding diaryl/α,β-unsaturated/α-hetero) is 3. The maximum atomic E-state index is 14.6. The average Bonchev–Trinajstić information content (AvgIpc) is 0.805. The molecule has 25 heteroatoms. The summed E-state index contributed by atoms with van der Waals surface area (Å²) in [7, 11) is 6.32. The van der Waals surface area contributed by atoms with Gasteiger partial charge in [-0.25, -0.2) is 19.6 Å². The Morgan fingerprint density at radius 2 is 1.56 bits per heavy atom. The van der Waals surface area contributed by atoms with Gasteiger partial charge in [-0.15, -0.1) is 0 Å². The summed E-state index contributed by atoms with van der Waals surface area (Å²) < 4.78 is 30.0. The third-order valence-electron chi connectivity index (χ3n) is 18.4. The molecule has 0 radical (unpaired) electrons. The Bertz CT molecular complexity index is 2750. The molecular weight excluding hydrogens is 1160 g/mol. The number of aliphatic hydroxyl groups excluding tert-OH is 2. The molecule has 15 atom stereocenters. The van der Waals surface area contributed by atoms with Gasteiger partial charge in [-0.2, -0.15) is 0 Å². The van der Waals surface area contributed by atoms with Crippen LogP contribution in [-0.4, -0.2) is 222 Å². The zero-order chi connectivity index (χ0) is 66.0. The number of piperidine rings is 1. The molecule has 5 aliphatic rings. The van der Waals surface area contributed by atoms with E-state index in [0.29, 0.717) is 89.1 Å². The molecule has 25 nitrogen and oxygen atoms in total. The van der Waals surface area contributed by atoms with E-state index in [-0.39, 0.29) is 74.7 Å². The second-order valence-corrected chi connectivity index (χ2v) is 25.4. The van der Waals surface area contributed by atoms with Gasteiger partial charge in [0.1, 0.15) is 36.2 Å². The quantitative estimate of drug-likeness (QED) is 0.0938. The number of fused-ring (bicyclic) bond motifs is 3. The number of allylic oxidation sites excluding steroid dienone is 6. The molecule has 0 aromatic carbocycles. The van der Waals surface area contributed by atoms with E-state index >= 15 is 0 Å². The number of methoxy groups -OCH3 is 2. The van der Waals surface area contributed by atoms with Gasteiger partial charge in [0.2, 0.25) is 23.5 Å². The number of likely N-dealkylation sites (N-methyl/N-ethyl adjacent to an activating group) is 2. The van der Waals surface area contributed by atoms with Crippen molar-refractivity contribution in [2.24, 2.45) is 35.3 Å². The van der Waals surface area contributed by atoms with Gasteiger partial charge >= 0.3 is 12.1 Å². The lowest BCUT2D eigenvalue weighted by atomic mass is 9.80. The van der Waals surface area contributed by atoms with Crippen molar-refractivity contribution < 1.29 is 77.4 Å². The number of esters is 1. The maximum absolute atomic E-state index is 14.6. The van der Waals surface area contributed by atoms with Crippen LogP contribution in [0.1, 0.15) is 124 Å². The molecular formula is C65H99N9O16. The first kappa shape index (κ1) is 72.7. The number of carbonyl (C=O) groups is 8. The van der Waals surface area contributed by atoms with Crippen LogP contribution >= 0.6 is 0 Å². The standard InChI is InChI=1S/C65H99N9O16/c1-39-16-12-11-13-17-40(2)52(86-9)32-47-21-19-44(6)65(85,90-47)60(81)61(82)74-23-15-14-18-49(74)62(83)88-53(33-50(75)41(3)29-43(5)58(79)59(80)57(78)42(4)28-39)48(66)30-45-20-22-51(54(31-45)87-10)89-64(84)70-36-46-34-68-63(69-35-46)73-26-24-72(25-27-73)56(77)38-71(8)37-55(76)67-7/h11-13,16-17,29,34-35,39,41-42,44-45,47-49,51-54,58-59,79-80,85H,14-15,18-28,30-33,36-38,66H2,1-10H3,(H,67,76)(H,70,84)/b13-11+,16-12+,40-17+,43-29+/t39-,41-,42-,44-,45+,47+,48-,49+,51-,52+,53+,54-,58-,59+,65-/m1/s1. The van der Waals surface area contributed by atoms with E-state index in [0.717, 1.165) is 10.5 Å². The van der Waals surface area contributed by atoms with Crippen LogP contribution in [0.15, 0.2) is 60.0 Å². The normalized spacial score (nSPS) is 33.3. The zero-order valence-electron chi connectivity index (χ0n) is 54.3. The first-order chi connectivity index (χ1) is 42.8. The number of nitrogens with zero attached hydrogens (tertiary/aromatic N) is 6. The average molecular weight is 1260 g/mol. The highest BCUT2D eigenvalue weighted by atomic mass is 16.6. The van der Waals surface area contributed by atoms with Crippen molar-refractivity contribution in [3.05, 3.63) is 65.6 Å². The highest BCUT2D eigenvalue weighted by Crippen LogP contribution is 2.38. The van der Waals surface area contributed by atoms with Crippen molar-refractivity contribution in [1.82, 2.24) is 35.3 Å². The van der Waals surface area contributed by atoms with Gasteiger partial charge in [-0.3, -0.25) is 33.7 Å². The number of hydrogen-bond acceptors (Lipinski definition) is 21. The minimum Gasteiger partial charge on any atom is -0.459 e. The van der Waals surface area contributed by atoms with Crippen LogP contribution in [0, 0.1) is 29.6 Å². The van der Waals surface area contributed by atoms with Gasteiger partial charge in [-0.1, -0.05) is 64.2 Å². The number of aromatic nitrogens is 2. The number of nitrogens with two attached hydrogens (primary N) is 1. The molecule has 3 saturated heterocycles. The van der Waals surface area contributed by atoms with Gasteiger partial charge in [0.05, 0.1) is 31.4 Å². The van der Waals surface area contributed by atoms with E-state index in [9.17, 15) is 53.7 Å². The van der Waals surface area contributed by atoms with Crippen LogP contribution in [0.4, 0.5) is 10.7 Å². The minimum atomic E-state index is -2.51. The Labute approximate surface area is 529 Å². The Hall–Kier alpha value is -6.32. The van der Waals surface area contributed by atoms with E-state index in [4.69, 9.17) is 29.4 Å². The topological polar surface area (TPSA) is 332 Å². The Morgan fingerprint density at radius 1 is 0.844 bits per heavy atom. The van der Waals surface area contributed by atoms with Crippen molar-refractivity contribution in [3.8, 4) is 0 Å². The summed E-state index contributed by atoms with van der Waals surface area (Å²) in [6.45, 7) is 12.5. The molecule has 1 aromatic rings. The van der Waals surface area contributed by atoms with Crippen LogP contribution < -0.4 is 21.3 Å². The van der Waals surface area contributed by atoms with Crippen LogP contribution in [0.2, 0.25) is 0 Å². The zero-order valence-corrected chi connectivity index (χ0v) is 54.3. The summed E-state index contributed by atoms with van der Waals surface area (Å²) in [5.41, 5.74) is 8.63.